The molecule has 2 aromatic carbocycles. The predicted molar refractivity (Wildman–Crippen MR) is 117 cm³/mol. The smallest absolute Gasteiger partial charge is 0.322 e. The summed E-state index contributed by atoms with van der Waals surface area (Å²) in [6.07, 6.45) is 0.996. The minimum Gasteiger partial charge on any atom is -0.496 e. The summed E-state index contributed by atoms with van der Waals surface area (Å²) in [6.45, 7) is -2.97. The minimum atomic E-state index is -4.75. The number of hydrogen-bond acceptors (Lipinski definition) is 8. The van der Waals surface area contributed by atoms with Gasteiger partial charge in [-0.3, -0.25) is 4.79 Å². The van der Waals surface area contributed by atoms with Gasteiger partial charge in [0.25, 0.3) is 0 Å². The van der Waals surface area contributed by atoms with Gasteiger partial charge in [-0.1, -0.05) is 6.07 Å². The zero-order valence-corrected chi connectivity index (χ0v) is 17.6. The number of hydrogen-bond donors (Lipinski definition) is 2. The van der Waals surface area contributed by atoms with E-state index in [0.717, 1.165) is 24.3 Å². The molecule has 0 unspecified atom stereocenters. The van der Waals surface area contributed by atoms with Crippen LogP contribution in [0, 0.1) is 0 Å². The van der Waals surface area contributed by atoms with Gasteiger partial charge in [0.2, 0.25) is 0 Å². The second kappa shape index (κ2) is 10.6. The van der Waals surface area contributed by atoms with E-state index < -0.39 is 40.6 Å². The predicted octanol–water partition coefficient (Wildman–Crippen LogP) is 2.80. The van der Waals surface area contributed by atoms with Crippen LogP contribution < -0.4 is 24.3 Å². The average Bonchev–Trinajstić information content (AvgIpc) is 2.80. The van der Waals surface area contributed by atoms with Crippen molar-refractivity contribution >= 4 is 27.6 Å². The third kappa shape index (κ3) is 6.54. The Bertz CT molecular complexity index is 1300. The van der Waals surface area contributed by atoms with Crippen LogP contribution in [0.25, 0.3) is 6.08 Å². The highest BCUT2D eigenvalue weighted by Crippen LogP contribution is 2.35. The lowest BCUT2D eigenvalue weighted by Crippen LogP contribution is -2.13. The van der Waals surface area contributed by atoms with Crippen molar-refractivity contribution in [2.75, 3.05) is 40.2 Å². The van der Waals surface area contributed by atoms with Crippen LogP contribution in [-0.4, -0.2) is 54.4 Å². The van der Waals surface area contributed by atoms with Crippen molar-refractivity contribution in [1.82, 2.24) is 0 Å². The lowest BCUT2D eigenvalue weighted by molar-refractivity contribution is -0.134. The normalized spacial score (nSPS) is 15.9. The molecule has 2 aromatic rings. The molecule has 0 bridgehead atoms. The fraction of sp³-hybridized carbons (Fsp3) is 0.286. The van der Waals surface area contributed by atoms with E-state index in [4.69, 9.17) is 33.6 Å². The number of nitrogens with one attached hydrogen (secondary N) is 1. The SMILES string of the molecule is [2H]C([2H])([2H])Oc1cc(OC)c(/C=C/S(=O)(=O)C([2H])([2H])c2ccc(OC)c(NC([2H])([2H])C(=O)O)c2)c(OC)c1. The number of carboxylic acid groups (broad SMARTS) is 1. The maximum atomic E-state index is 13.1. The second-order valence-electron chi connectivity index (χ2n) is 5.76. The monoisotopic (exact) mass is 458 g/mol. The molecule has 0 spiro atoms. The molecule has 0 aliphatic rings. The maximum Gasteiger partial charge on any atom is 0.322 e. The Hall–Kier alpha value is -3.40. The minimum absolute atomic E-state index is 0.0255. The number of anilines is 1. The maximum absolute atomic E-state index is 13.1. The average molecular weight is 459 g/mol. The van der Waals surface area contributed by atoms with Crippen LogP contribution in [0.1, 0.15) is 20.7 Å². The van der Waals surface area contributed by atoms with E-state index in [1.807, 2.05) is 0 Å². The van der Waals surface area contributed by atoms with E-state index in [1.165, 1.54) is 33.5 Å². The molecular weight excluding hydrogens is 426 g/mol. The van der Waals surface area contributed by atoms with Gasteiger partial charge in [-0.05, 0) is 23.8 Å². The number of aliphatic carboxylic acids is 1. The number of carbonyl (C=O) groups is 1. The van der Waals surface area contributed by atoms with Crippen LogP contribution in [0.4, 0.5) is 5.69 Å². The van der Waals surface area contributed by atoms with Crippen molar-refractivity contribution in [3.63, 3.8) is 0 Å². The van der Waals surface area contributed by atoms with E-state index in [0.29, 0.717) is 5.41 Å². The topological polar surface area (TPSA) is 120 Å². The Morgan fingerprint density at radius 1 is 1.10 bits per heavy atom. The molecule has 9 nitrogen and oxygen atoms in total. The summed E-state index contributed by atoms with van der Waals surface area (Å²) in [6, 6.07) is 5.55. The van der Waals surface area contributed by atoms with Crippen LogP contribution in [0.5, 0.6) is 23.0 Å². The van der Waals surface area contributed by atoms with Gasteiger partial charge in [0.15, 0.2) is 9.84 Å². The summed E-state index contributed by atoms with van der Waals surface area (Å²) < 4.78 is 99.8. The first-order chi connectivity index (χ1) is 17.4. The highest BCUT2D eigenvalue weighted by molar-refractivity contribution is 7.93. The van der Waals surface area contributed by atoms with Crippen molar-refractivity contribution in [2.45, 2.75) is 5.70 Å². The quantitative estimate of drug-likeness (QED) is 0.523. The van der Waals surface area contributed by atoms with Gasteiger partial charge in [0, 0.05) is 20.3 Å². The number of sulfone groups is 1. The Labute approximate surface area is 191 Å². The summed E-state index contributed by atoms with van der Waals surface area (Å²) in [5, 5.41) is 11.7. The van der Waals surface area contributed by atoms with E-state index in [9.17, 15) is 13.2 Å². The van der Waals surface area contributed by atoms with E-state index in [2.05, 4.69) is 5.32 Å². The number of rotatable bonds is 11. The largest absolute Gasteiger partial charge is 0.496 e. The number of carboxylic acids is 1. The van der Waals surface area contributed by atoms with Crippen molar-refractivity contribution in [2.24, 2.45) is 0 Å². The number of benzene rings is 2. The van der Waals surface area contributed by atoms with Gasteiger partial charge in [-0.25, -0.2) is 8.42 Å². The van der Waals surface area contributed by atoms with E-state index >= 15 is 0 Å². The Morgan fingerprint density at radius 2 is 1.74 bits per heavy atom. The molecule has 0 saturated carbocycles. The molecule has 0 fully saturated rings. The summed E-state index contributed by atoms with van der Waals surface area (Å²) in [5.74, 6) is -2.11. The van der Waals surface area contributed by atoms with Crippen LogP contribution in [0.2, 0.25) is 0 Å². The molecule has 0 aliphatic carbocycles. The van der Waals surface area contributed by atoms with Crippen molar-refractivity contribution < 1.29 is 46.9 Å². The van der Waals surface area contributed by atoms with E-state index in [-0.39, 0.29) is 34.2 Å². The van der Waals surface area contributed by atoms with Crippen LogP contribution in [-0.2, 0) is 20.3 Å². The van der Waals surface area contributed by atoms with Gasteiger partial charge in [-0.15, -0.1) is 0 Å². The summed E-state index contributed by atoms with van der Waals surface area (Å²) >= 11 is 0. The lowest BCUT2D eigenvalue weighted by Gasteiger charge is -2.13. The highest BCUT2D eigenvalue weighted by Gasteiger charge is 2.15. The first-order valence-electron chi connectivity index (χ1n) is 12.0. The van der Waals surface area contributed by atoms with Gasteiger partial charge >= 0.3 is 5.97 Å². The fourth-order valence-electron chi connectivity index (χ4n) is 2.48. The molecular formula is C21H25NO8S. The summed E-state index contributed by atoms with van der Waals surface area (Å²) in [7, 11) is -3.85. The number of methoxy groups -OCH3 is 4. The third-order valence-corrected chi connectivity index (χ3v) is 4.83. The van der Waals surface area contributed by atoms with Gasteiger partial charge < -0.3 is 29.4 Å². The highest BCUT2D eigenvalue weighted by atomic mass is 32.2. The molecule has 0 aromatic heterocycles. The molecule has 0 aliphatic heterocycles. The molecule has 2 rings (SSSR count). The molecule has 168 valence electrons. The van der Waals surface area contributed by atoms with Crippen LogP contribution in [0.15, 0.2) is 35.7 Å². The Morgan fingerprint density at radius 3 is 2.29 bits per heavy atom. The van der Waals surface area contributed by atoms with Crippen molar-refractivity contribution in [1.29, 1.82) is 0 Å². The van der Waals surface area contributed by atoms with Gasteiger partial charge in [0.1, 0.15) is 29.5 Å². The zero-order valence-electron chi connectivity index (χ0n) is 23.8. The summed E-state index contributed by atoms with van der Waals surface area (Å²) in [4.78, 5) is 11.2. The van der Waals surface area contributed by atoms with Crippen LogP contribution >= 0.6 is 0 Å². The van der Waals surface area contributed by atoms with E-state index in [1.54, 1.807) is 0 Å². The molecule has 0 radical (unpaired) electrons. The molecule has 0 amide bonds. The molecule has 31 heavy (non-hydrogen) atoms. The molecule has 0 saturated heterocycles. The Balaban J connectivity index is 2.54. The molecule has 10 heteroatoms. The number of ether oxygens (including phenoxy) is 4. The summed E-state index contributed by atoms with van der Waals surface area (Å²) in [5.41, 5.74) is -3.79. The van der Waals surface area contributed by atoms with Crippen molar-refractivity contribution in [3.8, 4) is 23.0 Å². The Kier molecular flexibility index (Phi) is 5.26. The zero-order chi connectivity index (χ0) is 29.1. The van der Waals surface area contributed by atoms with Crippen molar-refractivity contribution in [3.05, 3.63) is 46.9 Å². The van der Waals surface area contributed by atoms with Crippen LogP contribution in [0.3, 0.4) is 0 Å². The first kappa shape index (κ1) is 15.4. The van der Waals surface area contributed by atoms with Gasteiger partial charge in [0.05, 0.1) is 52.2 Å². The van der Waals surface area contributed by atoms with Gasteiger partial charge in [-0.2, -0.15) is 0 Å². The lowest BCUT2D eigenvalue weighted by atomic mass is 10.1. The molecule has 0 heterocycles. The molecule has 0 atom stereocenters. The third-order valence-electron chi connectivity index (χ3n) is 3.81. The first-order valence-corrected chi connectivity index (χ1v) is 10.0. The second-order valence-corrected chi connectivity index (χ2v) is 7.33. The fourth-order valence-corrected chi connectivity index (χ4v) is 3.32. The standard InChI is InChI=1S/C21H25NO8S/c1-27-15-10-19(29-3)16(20(11-15)30-4)7-8-31(25,26)13-14-5-6-18(28-2)17(9-14)22-12-21(23)24/h5-11,22H,12-13H2,1-4H3,(H,23,24)/b8-7+/i1D3,12D2,13D2. The molecule has 2 N–H and O–H groups in total.